The van der Waals surface area contributed by atoms with Crippen molar-refractivity contribution in [1.82, 2.24) is 0 Å². The number of nitrogens with zero attached hydrogens (tertiary/aromatic N) is 1. The number of nitro groups is 1. The molecule has 0 heterocycles. The second-order valence-corrected chi connectivity index (χ2v) is 4.59. The molecule has 0 saturated carbocycles. The molecule has 7 heteroatoms. The Bertz CT molecular complexity index is 770. The van der Waals surface area contributed by atoms with Crippen LogP contribution >= 0.6 is 0 Å². The number of carboxylic acid groups (broad SMARTS) is 1. The van der Waals surface area contributed by atoms with Crippen LogP contribution in [0.5, 0.6) is 0 Å². The summed E-state index contributed by atoms with van der Waals surface area (Å²) >= 11 is 0. The molecular formula is C15H12N2O5. The van der Waals surface area contributed by atoms with Crippen molar-refractivity contribution in [3.8, 4) is 11.1 Å². The first-order valence-corrected chi connectivity index (χ1v) is 6.28. The van der Waals surface area contributed by atoms with Crippen LogP contribution in [0.1, 0.15) is 15.9 Å². The van der Waals surface area contributed by atoms with Gasteiger partial charge in [0.2, 0.25) is 5.91 Å². The molecule has 0 unspecified atom stereocenters. The molecule has 0 aromatic heterocycles. The second-order valence-electron chi connectivity index (χ2n) is 4.59. The minimum Gasteiger partial charge on any atom is -0.478 e. The largest absolute Gasteiger partial charge is 0.478 e. The van der Waals surface area contributed by atoms with E-state index in [1.165, 1.54) is 24.3 Å². The van der Waals surface area contributed by atoms with Crippen LogP contribution in [0.4, 0.5) is 5.69 Å². The van der Waals surface area contributed by atoms with Gasteiger partial charge in [0.25, 0.3) is 5.69 Å². The quantitative estimate of drug-likeness (QED) is 0.645. The van der Waals surface area contributed by atoms with Crippen molar-refractivity contribution < 1.29 is 19.6 Å². The first-order chi connectivity index (χ1) is 10.4. The maximum Gasteiger partial charge on any atom is 0.336 e. The van der Waals surface area contributed by atoms with Gasteiger partial charge < -0.3 is 10.8 Å². The molecule has 112 valence electrons. The third-order valence-electron chi connectivity index (χ3n) is 3.11. The van der Waals surface area contributed by atoms with E-state index in [2.05, 4.69) is 0 Å². The predicted molar refractivity (Wildman–Crippen MR) is 78.4 cm³/mol. The van der Waals surface area contributed by atoms with Gasteiger partial charge in [-0.25, -0.2) is 4.79 Å². The van der Waals surface area contributed by atoms with Gasteiger partial charge in [0.15, 0.2) is 0 Å². The molecule has 0 atom stereocenters. The van der Waals surface area contributed by atoms with E-state index >= 15 is 0 Å². The fourth-order valence-corrected chi connectivity index (χ4v) is 2.18. The zero-order chi connectivity index (χ0) is 16.3. The third kappa shape index (κ3) is 3.09. The number of amides is 1. The second kappa shape index (κ2) is 6.04. The van der Waals surface area contributed by atoms with Crippen LogP contribution in [-0.4, -0.2) is 21.9 Å². The van der Waals surface area contributed by atoms with Crippen molar-refractivity contribution in [2.45, 2.75) is 6.42 Å². The Hall–Kier alpha value is -3.22. The van der Waals surface area contributed by atoms with Crippen molar-refractivity contribution >= 4 is 17.6 Å². The number of carbonyl (C=O) groups is 2. The molecule has 7 nitrogen and oxygen atoms in total. The summed E-state index contributed by atoms with van der Waals surface area (Å²) in [7, 11) is 0. The van der Waals surface area contributed by atoms with Crippen LogP contribution in [-0.2, 0) is 11.2 Å². The number of carboxylic acids is 1. The average molecular weight is 300 g/mol. The number of nitrogens with two attached hydrogens (primary N) is 1. The highest BCUT2D eigenvalue weighted by Crippen LogP contribution is 2.29. The fourth-order valence-electron chi connectivity index (χ4n) is 2.18. The number of hydrogen-bond donors (Lipinski definition) is 2. The average Bonchev–Trinajstić information content (AvgIpc) is 2.46. The number of nitro benzene ring substituents is 1. The van der Waals surface area contributed by atoms with Gasteiger partial charge in [-0.05, 0) is 29.3 Å². The van der Waals surface area contributed by atoms with E-state index in [1.54, 1.807) is 18.2 Å². The van der Waals surface area contributed by atoms with E-state index in [4.69, 9.17) is 5.73 Å². The van der Waals surface area contributed by atoms with Crippen molar-refractivity contribution in [3.05, 3.63) is 63.7 Å². The first kappa shape index (κ1) is 15.2. The molecule has 0 aliphatic carbocycles. The molecule has 3 N–H and O–H groups in total. The Morgan fingerprint density at radius 1 is 1.18 bits per heavy atom. The van der Waals surface area contributed by atoms with Gasteiger partial charge >= 0.3 is 5.97 Å². The molecule has 2 aromatic rings. The molecule has 0 aliphatic heterocycles. The van der Waals surface area contributed by atoms with E-state index in [0.717, 1.165) is 0 Å². The smallest absolute Gasteiger partial charge is 0.336 e. The SMILES string of the molecule is NC(=O)Cc1cc(-c2ccccc2C(=O)O)ccc1[N+](=O)[O-]. The lowest BCUT2D eigenvalue weighted by molar-refractivity contribution is -0.385. The zero-order valence-electron chi connectivity index (χ0n) is 11.4. The monoisotopic (exact) mass is 300 g/mol. The molecule has 1 amide bonds. The van der Waals surface area contributed by atoms with Crippen molar-refractivity contribution in [2.75, 3.05) is 0 Å². The van der Waals surface area contributed by atoms with Crippen LogP contribution in [0.15, 0.2) is 42.5 Å². The Labute approximate surface area is 125 Å². The van der Waals surface area contributed by atoms with Crippen molar-refractivity contribution in [3.63, 3.8) is 0 Å². The maximum atomic E-state index is 11.3. The molecule has 22 heavy (non-hydrogen) atoms. The highest BCUT2D eigenvalue weighted by atomic mass is 16.6. The molecule has 2 aromatic carbocycles. The predicted octanol–water partition coefficient (Wildman–Crippen LogP) is 1.99. The molecule has 0 bridgehead atoms. The van der Waals surface area contributed by atoms with Crippen molar-refractivity contribution in [1.29, 1.82) is 0 Å². The zero-order valence-corrected chi connectivity index (χ0v) is 11.4. The van der Waals surface area contributed by atoms with E-state index < -0.39 is 16.8 Å². The van der Waals surface area contributed by atoms with Crippen LogP contribution < -0.4 is 5.73 Å². The molecule has 0 spiro atoms. The summed E-state index contributed by atoms with van der Waals surface area (Å²) < 4.78 is 0. The lowest BCUT2D eigenvalue weighted by Crippen LogP contribution is -2.14. The Morgan fingerprint density at radius 3 is 2.45 bits per heavy atom. The topological polar surface area (TPSA) is 124 Å². The maximum absolute atomic E-state index is 11.3. The Balaban J connectivity index is 2.60. The number of primary amides is 1. The summed E-state index contributed by atoms with van der Waals surface area (Å²) in [5.41, 5.74) is 5.98. The number of aromatic carboxylic acids is 1. The van der Waals surface area contributed by atoms with Crippen molar-refractivity contribution in [2.24, 2.45) is 5.73 Å². The lowest BCUT2D eigenvalue weighted by atomic mass is 9.96. The molecular weight excluding hydrogens is 288 g/mol. The number of carbonyl (C=O) groups excluding carboxylic acids is 1. The minimum atomic E-state index is -1.11. The fraction of sp³-hybridized carbons (Fsp3) is 0.0667. The molecule has 2 rings (SSSR count). The van der Waals surface area contributed by atoms with Crippen LogP contribution in [0.2, 0.25) is 0 Å². The van der Waals surface area contributed by atoms with E-state index in [-0.39, 0.29) is 23.2 Å². The van der Waals surface area contributed by atoms with Gasteiger partial charge in [-0.3, -0.25) is 14.9 Å². The molecule has 0 radical (unpaired) electrons. The first-order valence-electron chi connectivity index (χ1n) is 6.28. The molecule has 0 fully saturated rings. The highest BCUT2D eigenvalue weighted by molar-refractivity contribution is 5.96. The number of benzene rings is 2. The van der Waals surface area contributed by atoms with Gasteiger partial charge in [0.1, 0.15) is 0 Å². The van der Waals surface area contributed by atoms with Gasteiger partial charge in [-0.15, -0.1) is 0 Å². The van der Waals surface area contributed by atoms with Gasteiger partial charge in [0, 0.05) is 11.6 Å². The van der Waals surface area contributed by atoms with Crippen LogP contribution in [0.25, 0.3) is 11.1 Å². The van der Waals surface area contributed by atoms with Gasteiger partial charge in [-0.1, -0.05) is 18.2 Å². The normalized spacial score (nSPS) is 10.2. The summed E-state index contributed by atoms with van der Waals surface area (Å²) in [6.07, 6.45) is -0.292. The van der Waals surface area contributed by atoms with Crippen LogP contribution in [0, 0.1) is 10.1 Å². The van der Waals surface area contributed by atoms with E-state index in [0.29, 0.717) is 11.1 Å². The third-order valence-corrected chi connectivity index (χ3v) is 3.11. The van der Waals surface area contributed by atoms with Gasteiger partial charge in [-0.2, -0.15) is 0 Å². The minimum absolute atomic E-state index is 0.0707. The summed E-state index contributed by atoms with van der Waals surface area (Å²) in [5, 5.41) is 20.2. The van der Waals surface area contributed by atoms with E-state index in [1.807, 2.05) is 0 Å². The molecule has 0 aliphatic rings. The summed E-state index contributed by atoms with van der Waals surface area (Å²) in [6.45, 7) is 0. The van der Waals surface area contributed by atoms with E-state index in [9.17, 15) is 24.8 Å². The number of hydrogen-bond acceptors (Lipinski definition) is 4. The van der Waals surface area contributed by atoms with Gasteiger partial charge in [0.05, 0.1) is 16.9 Å². The number of rotatable bonds is 5. The standard InChI is InChI=1S/C15H12N2O5/c16-14(18)8-10-7-9(5-6-13(10)17(21)22)11-3-1-2-4-12(11)15(19)20/h1-7H,8H2,(H2,16,18)(H,19,20). The Kier molecular flexibility index (Phi) is 4.17. The Morgan fingerprint density at radius 2 is 1.86 bits per heavy atom. The summed E-state index contributed by atoms with van der Waals surface area (Å²) in [5.74, 6) is -1.81. The molecule has 0 saturated heterocycles. The summed E-state index contributed by atoms with van der Waals surface area (Å²) in [6, 6.07) is 10.4. The highest BCUT2D eigenvalue weighted by Gasteiger charge is 2.18. The summed E-state index contributed by atoms with van der Waals surface area (Å²) in [4.78, 5) is 32.7. The lowest BCUT2D eigenvalue weighted by Gasteiger charge is -2.08. The van der Waals surface area contributed by atoms with Crippen LogP contribution in [0.3, 0.4) is 0 Å².